The Bertz CT molecular complexity index is 1530. The van der Waals surface area contributed by atoms with Gasteiger partial charge in [-0.25, -0.2) is 9.59 Å². The van der Waals surface area contributed by atoms with E-state index in [1.807, 2.05) is 0 Å². The van der Waals surface area contributed by atoms with Crippen LogP contribution in [0.15, 0.2) is 77.7 Å². The van der Waals surface area contributed by atoms with Crippen LogP contribution < -0.4 is 9.64 Å². The van der Waals surface area contributed by atoms with Gasteiger partial charge in [0.1, 0.15) is 17.6 Å². The largest absolute Gasteiger partial charge is 0.487 e. The number of carbonyl (C=O) groups is 4. The van der Waals surface area contributed by atoms with Gasteiger partial charge in [0.2, 0.25) is 5.78 Å². The maximum absolute atomic E-state index is 13.7. The number of esters is 2. The number of anilines is 1. The third-order valence-corrected chi connectivity index (χ3v) is 8.09. The van der Waals surface area contributed by atoms with Crippen LogP contribution in [0.1, 0.15) is 22.0 Å². The SMILES string of the molecule is COC(=O)C=CCOc1ccc(Cl)cc1N1C(=O)C(=O)C(Sc2ccc(Cl)cc2C(=O)OC)C1c1ccc(Cl)cc1. The average Bonchev–Trinajstić information content (AvgIpc) is 3.21. The van der Waals surface area contributed by atoms with Crippen molar-refractivity contribution in [3.63, 3.8) is 0 Å². The molecule has 0 N–H and O–H groups in total. The van der Waals surface area contributed by atoms with E-state index in [1.165, 1.54) is 43.4 Å². The normalized spacial score (nSPS) is 16.8. The van der Waals surface area contributed by atoms with Crippen molar-refractivity contribution in [2.45, 2.75) is 16.2 Å². The second kappa shape index (κ2) is 13.4. The third kappa shape index (κ3) is 6.87. The molecule has 1 aliphatic rings. The van der Waals surface area contributed by atoms with Gasteiger partial charge in [-0.2, -0.15) is 0 Å². The van der Waals surface area contributed by atoms with Gasteiger partial charge in [0.15, 0.2) is 0 Å². The van der Waals surface area contributed by atoms with Crippen molar-refractivity contribution in [1.29, 1.82) is 0 Å². The molecule has 3 aromatic carbocycles. The van der Waals surface area contributed by atoms with Crippen molar-refractivity contribution >= 4 is 75.9 Å². The van der Waals surface area contributed by atoms with Gasteiger partial charge in [-0.3, -0.25) is 14.5 Å². The number of methoxy groups -OCH3 is 2. The molecule has 4 rings (SSSR count). The summed E-state index contributed by atoms with van der Waals surface area (Å²) >= 11 is 19.6. The van der Waals surface area contributed by atoms with E-state index < -0.39 is 34.9 Å². The molecule has 0 aliphatic carbocycles. The van der Waals surface area contributed by atoms with Crippen LogP contribution in [0.5, 0.6) is 5.75 Å². The third-order valence-electron chi connectivity index (χ3n) is 6.04. The zero-order valence-corrected chi connectivity index (χ0v) is 24.7. The Balaban J connectivity index is 1.80. The number of hydrogen-bond donors (Lipinski definition) is 0. The standard InChI is InChI=1S/C29H22Cl3NO7S/c1-38-24(34)4-3-13-40-22-11-9-19(32)15-21(22)33-25(16-5-7-17(30)8-6-16)27(26(35)28(33)36)41-23-12-10-18(31)14-20(23)29(37)39-2/h3-12,14-15,25,27H,13H2,1-2H3. The summed E-state index contributed by atoms with van der Waals surface area (Å²) in [6.07, 6.45) is 2.65. The summed E-state index contributed by atoms with van der Waals surface area (Å²) in [5.41, 5.74) is 1.01. The molecule has 12 heteroatoms. The van der Waals surface area contributed by atoms with E-state index in [0.29, 0.717) is 25.5 Å². The second-order valence-corrected chi connectivity index (χ2v) is 11.0. The van der Waals surface area contributed by atoms with E-state index in [0.717, 1.165) is 11.8 Å². The number of hydrogen-bond acceptors (Lipinski definition) is 8. The highest BCUT2D eigenvalue weighted by atomic mass is 35.5. The number of rotatable bonds is 9. The van der Waals surface area contributed by atoms with E-state index >= 15 is 0 Å². The zero-order chi connectivity index (χ0) is 29.7. The van der Waals surface area contributed by atoms with Gasteiger partial charge in [0.25, 0.3) is 5.91 Å². The van der Waals surface area contributed by atoms with Crippen molar-refractivity contribution in [2.24, 2.45) is 0 Å². The van der Waals surface area contributed by atoms with Gasteiger partial charge >= 0.3 is 11.9 Å². The topological polar surface area (TPSA) is 99.2 Å². The van der Waals surface area contributed by atoms with Crippen LogP contribution in [-0.2, 0) is 23.9 Å². The first-order valence-electron chi connectivity index (χ1n) is 12.0. The molecule has 0 aromatic heterocycles. The van der Waals surface area contributed by atoms with Gasteiger partial charge in [0.05, 0.1) is 31.5 Å². The molecule has 0 saturated carbocycles. The molecule has 1 fully saturated rings. The number of amides is 1. The van der Waals surface area contributed by atoms with E-state index in [4.69, 9.17) is 44.3 Å². The number of benzene rings is 3. The minimum absolute atomic E-state index is 0.0310. The number of Topliss-reactive ketones (excluding diaryl/α,β-unsaturated/α-hetero) is 1. The second-order valence-electron chi connectivity index (χ2n) is 8.55. The van der Waals surface area contributed by atoms with Gasteiger partial charge in [0, 0.05) is 26.0 Å². The van der Waals surface area contributed by atoms with Crippen LogP contribution in [0.4, 0.5) is 5.69 Å². The van der Waals surface area contributed by atoms with Crippen molar-refractivity contribution in [2.75, 3.05) is 25.7 Å². The Morgan fingerprint density at radius 2 is 1.56 bits per heavy atom. The molecule has 0 bridgehead atoms. The molecule has 8 nitrogen and oxygen atoms in total. The first-order valence-corrected chi connectivity index (χ1v) is 14.0. The molecule has 3 aromatic rings. The molecule has 41 heavy (non-hydrogen) atoms. The molecule has 212 valence electrons. The summed E-state index contributed by atoms with van der Waals surface area (Å²) in [6.45, 7) is -0.0310. The van der Waals surface area contributed by atoms with Crippen molar-refractivity contribution in [1.82, 2.24) is 0 Å². The summed E-state index contributed by atoms with van der Waals surface area (Å²) < 4.78 is 15.3. The predicted molar refractivity (Wildman–Crippen MR) is 157 cm³/mol. The monoisotopic (exact) mass is 633 g/mol. The molecule has 2 unspecified atom stereocenters. The average molecular weight is 635 g/mol. The molecule has 0 radical (unpaired) electrons. The van der Waals surface area contributed by atoms with Crippen molar-refractivity contribution in [3.8, 4) is 5.75 Å². The highest BCUT2D eigenvalue weighted by molar-refractivity contribution is 8.01. The lowest BCUT2D eigenvalue weighted by molar-refractivity contribution is -0.134. The summed E-state index contributed by atoms with van der Waals surface area (Å²) in [7, 11) is 2.49. The predicted octanol–water partition coefficient (Wildman–Crippen LogP) is 6.36. The van der Waals surface area contributed by atoms with Gasteiger partial charge < -0.3 is 14.2 Å². The summed E-state index contributed by atoms with van der Waals surface area (Å²) in [6, 6.07) is 15.2. The molecular weight excluding hydrogens is 613 g/mol. The number of ketones is 1. The highest BCUT2D eigenvalue weighted by Crippen LogP contribution is 2.47. The van der Waals surface area contributed by atoms with Crippen LogP contribution >= 0.6 is 46.6 Å². The summed E-state index contributed by atoms with van der Waals surface area (Å²) in [5.74, 6) is -2.44. The summed E-state index contributed by atoms with van der Waals surface area (Å²) in [5, 5.41) is 0.0880. The highest BCUT2D eigenvalue weighted by Gasteiger charge is 2.50. The van der Waals surface area contributed by atoms with Crippen LogP contribution in [0.2, 0.25) is 15.1 Å². The molecule has 1 amide bonds. The van der Waals surface area contributed by atoms with Crippen molar-refractivity contribution < 1.29 is 33.4 Å². The molecule has 1 saturated heterocycles. The van der Waals surface area contributed by atoms with Gasteiger partial charge in [-0.1, -0.05) is 46.9 Å². The van der Waals surface area contributed by atoms with Crippen LogP contribution in [0.3, 0.4) is 0 Å². The van der Waals surface area contributed by atoms with E-state index in [-0.39, 0.29) is 23.6 Å². The quantitative estimate of drug-likeness (QED) is 0.152. The fraction of sp³-hybridized carbons (Fsp3) is 0.172. The fourth-order valence-electron chi connectivity index (χ4n) is 4.17. The van der Waals surface area contributed by atoms with Gasteiger partial charge in [-0.05, 0) is 60.2 Å². The van der Waals surface area contributed by atoms with Gasteiger partial charge in [-0.15, -0.1) is 11.8 Å². The number of thioether (sulfide) groups is 1. The molecule has 1 heterocycles. The van der Waals surface area contributed by atoms with E-state index in [2.05, 4.69) is 4.74 Å². The van der Waals surface area contributed by atoms with Crippen molar-refractivity contribution in [3.05, 3.63) is 99.0 Å². The lowest BCUT2D eigenvalue weighted by atomic mass is 10.0. The molecule has 2 atom stereocenters. The van der Waals surface area contributed by atoms with E-state index in [1.54, 1.807) is 48.5 Å². The Morgan fingerprint density at radius 3 is 2.24 bits per heavy atom. The lowest BCUT2D eigenvalue weighted by Crippen LogP contribution is -2.30. The minimum atomic E-state index is -0.987. The number of halogens is 3. The van der Waals surface area contributed by atoms with Crippen LogP contribution in [-0.4, -0.2) is 49.7 Å². The maximum Gasteiger partial charge on any atom is 0.339 e. The van der Waals surface area contributed by atoms with E-state index in [9.17, 15) is 19.2 Å². The molecule has 1 aliphatic heterocycles. The smallest absolute Gasteiger partial charge is 0.339 e. The molecular formula is C29H22Cl3NO7S. The Hall–Kier alpha value is -3.50. The van der Waals surface area contributed by atoms with Crippen LogP contribution in [0.25, 0.3) is 0 Å². The maximum atomic E-state index is 13.7. The minimum Gasteiger partial charge on any atom is -0.487 e. The number of carbonyl (C=O) groups excluding carboxylic acids is 4. The zero-order valence-electron chi connectivity index (χ0n) is 21.6. The first-order chi connectivity index (χ1) is 19.6. The van der Waals surface area contributed by atoms with Crippen LogP contribution in [0, 0.1) is 0 Å². The lowest BCUT2D eigenvalue weighted by Gasteiger charge is -2.29. The first kappa shape index (κ1) is 30.5. The summed E-state index contributed by atoms with van der Waals surface area (Å²) in [4.78, 5) is 52.9. The Morgan fingerprint density at radius 1 is 0.902 bits per heavy atom. The number of nitrogens with zero attached hydrogens (tertiary/aromatic N) is 1. The Kier molecular flexibility index (Phi) is 9.99. The molecule has 0 spiro atoms. The number of ether oxygens (including phenoxy) is 3. The fourth-order valence-corrected chi connectivity index (χ4v) is 5.94. The Labute approximate surface area is 255 Å².